The van der Waals surface area contributed by atoms with Gasteiger partial charge in [-0.05, 0) is 19.4 Å². The fraction of sp³-hybridized carbons (Fsp3) is 1.00. The first kappa shape index (κ1) is 20.1. The fourth-order valence-corrected chi connectivity index (χ4v) is 2.02. The summed E-state index contributed by atoms with van der Waals surface area (Å²) in [6, 6.07) is 0. The van der Waals surface area contributed by atoms with Crippen molar-refractivity contribution in [3.8, 4) is 0 Å². The van der Waals surface area contributed by atoms with E-state index in [0.717, 1.165) is 19.3 Å². The molecule has 0 fully saturated rings. The number of hydrogen-bond acceptors (Lipinski definition) is 7. The van der Waals surface area contributed by atoms with Crippen LogP contribution in [0.15, 0.2) is 0 Å². The average Bonchev–Trinajstić information content (AvgIpc) is 2.30. The number of unbranched alkanes of at least 4 members (excludes halogenated alkanes) is 2. The summed E-state index contributed by atoms with van der Waals surface area (Å²) in [7, 11) is -4.02. The first-order chi connectivity index (χ1) is 8.05. The van der Waals surface area contributed by atoms with Crippen LogP contribution in [0, 0.1) is 0 Å². The summed E-state index contributed by atoms with van der Waals surface area (Å²) in [4.78, 5) is 0. The third kappa shape index (κ3) is 10.9. The zero-order valence-electron chi connectivity index (χ0n) is 11.2. The van der Waals surface area contributed by atoms with Crippen molar-refractivity contribution < 1.29 is 21.9 Å². The van der Waals surface area contributed by atoms with Crippen LogP contribution in [0.3, 0.4) is 0 Å². The molecule has 0 aliphatic rings. The van der Waals surface area contributed by atoms with Crippen molar-refractivity contribution >= 4 is 10.4 Å². The molecule has 0 aliphatic carbocycles. The molecule has 1 unspecified atom stereocenters. The van der Waals surface area contributed by atoms with Crippen LogP contribution in [0.5, 0.6) is 0 Å². The quantitative estimate of drug-likeness (QED) is 0.382. The minimum Gasteiger partial charge on any atom is -0.394 e. The monoisotopic (exact) mass is 286 g/mol. The smallest absolute Gasteiger partial charge is 0.394 e. The first-order valence-electron chi connectivity index (χ1n) is 5.97. The van der Waals surface area contributed by atoms with E-state index in [-0.39, 0.29) is 19.4 Å². The predicted octanol–water partition coefficient (Wildman–Crippen LogP) is 0.935. The fourth-order valence-electron chi connectivity index (χ4n) is 1.19. The van der Waals surface area contributed by atoms with Gasteiger partial charge in [0, 0.05) is 0 Å². The highest BCUT2D eigenvalue weighted by atomic mass is 32.3. The van der Waals surface area contributed by atoms with Crippen LogP contribution in [0.2, 0.25) is 0 Å². The third-order valence-electron chi connectivity index (χ3n) is 2.08. The Balaban J connectivity index is 0. The number of hydrogen-bond donors (Lipinski definition) is 3. The van der Waals surface area contributed by atoms with Crippen LogP contribution in [-0.4, -0.2) is 39.5 Å². The SMILES string of the molecule is CCCCCNC(CC)OS(=O)(=O)OCCO.N. The Hall–Kier alpha value is -0.250. The second-order valence-corrected chi connectivity index (χ2v) is 4.85. The number of nitrogens with one attached hydrogen (secondary N) is 1. The molecular weight excluding hydrogens is 260 g/mol. The van der Waals surface area contributed by atoms with Gasteiger partial charge in [-0.2, -0.15) is 8.42 Å². The van der Waals surface area contributed by atoms with Crippen molar-refractivity contribution in [3.63, 3.8) is 0 Å². The van der Waals surface area contributed by atoms with E-state index < -0.39 is 16.6 Å². The standard InChI is InChI=1S/C10H23NO5S.H3N/c1-3-5-6-7-11-10(4-2)16-17(13,14)15-9-8-12;/h10-12H,3-9H2,1-2H3;1H3. The Bertz CT molecular complexity index is 271. The van der Waals surface area contributed by atoms with Crippen molar-refractivity contribution in [1.29, 1.82) is 0 Å². The van der Waals surface area contributed by atoms with Crippen molar-refractivity contribution in [2.75, 3.05) is 19.8 Å². The highest BCUT2D eigenvalue weighted by Crippen LogP contribution is 2.04. The topological polar surface area (TPSA) is 120 Å². The summed E-state index contributed by atoms with van der Waals surface area (Å²) < 4.78 is 31.7. The lowest BCUT2D eigenvalue weighted by Gasteiger charge is -2.16. The molecule has 0 aromatic carbocycles. The molecule has 1 atom stereocenters. The summed E-state index contributed by atoms with van der Waals surface area (Å²) in [5, 5.41) is 11.5. The zero-order valence-corrected chi connectivity index (χ0v) is 12.0. The Labute approximate surface area is 110 Å². The molecule has 0 aromatic heterocycles. The minimum absolute atomic E-state index is 0. The molecule has 0 saturated carbocycles. The Kier molecular flexibility index (Phi) is 13.2. The molecule has 0 rings (SSSR count). The van der Waals surface area contributed by atoms with Gasteiger partial charge in [-0.1, -0.05) is 26.7 Å². The van der Waals surface area contributed by atoms with Crippen LogP contribution in [0.1, 0.15) is 39.5 Å². The van der Waals surface area contributed by atoms with Crippen LogP contribution in [0.25, 0.3) is 0 Å². The van der Waals surface area contributed by atoms with Crippen molar-refractivity contribution in [1.82, 2.24) is 11.5 Å². The number of rotatable bonds is 11. The van der Waals surface area contributed by atoms with Gasteiger partial charge in [-0.15, -0.1) is 0 Å². The molecule has 0 saturated heterocycles. The van der Waals surface area contributed by atoms with Gasteiger partial charge in [0.2, 0.25) is 0 Å². The second-order valence-electron chi connectivity index (χ2n) is 3.61. The lowest BCUT2D eigenvalue weighted by atomic mass is 10.2. The Morgan fingerprint density at radius 3 is 2.44 bits per heavy atom. The highest BCUT2D eigenvalue weighted by Gasteiger charge is 2.18. The van der Waals surface area contributed by atoms with Crippen molar-refractivity contribution in [3.05, 3.63) is 0 Å². The minimum atomic E-state index is -4.02. The van der Waals surface area contributed by atoms with Gasteiger partial charge in [-0.3, -0.25) is 5.32 Å². The van der Waals surface area contributed by atoms with Gasteiger partial charge in [0.1, 0.15) is 6.23 Å². The summed E-state index contributed by atoms with van der Waals surface area (Å²) in [5.41, 5.74) is 0. The summed E-state index contributed by atoms with van der Waals surface area (Å²) in [5.74, 6) is 0. The maximum Gasteiger partial charge on any atom is 0.401 e. The molecule has 0 heterocycles. The van der Waals surface area contributed by atoms with E-state index in [0.29, 0.717) is 13.0 Å². The Morgan fingerprint density at radius 2 is 1.94 bits per heavy atom. The molecule has 7 nitrogen and oxygen atoms in total. The van der Waals surface area contributed by atoms with Gasteiger partial charge < -0.3 is 11.3 Å². The predicted molar refractivity (Wildman–Crippen MR) is 69.7 cm³/mol. The van der Waals surface area contributed by atoms with Gasteiger partial charge in [0.05, 0.1) is 13.2 Å². The van der Waals surface area contributed by atoms with E-state index in [1.54, 1.807) is 0 Å². The zero-order chi connectivity index (χ0) is 13.1. The van der Waals surface area contributed by atoms with Crippen molar-refractivity contribution in [2.45, 2.75) is 45.8 Å². The van der Waals surface area contributed by atoms with Crippen LogP contribution < -0.4 is 11.5 Å². The van der Waals surface area contributed by atoms with E-state index in [4.69, 9.17) is 9.29 Å². The van der Waals surface area contributed by atoms with E-state index >= 15 is 0 Å². The second kappa shape index (κ2) is 11.8. The lowest BCUT2D eigenvalue weighted by Crippen LogP contribution is -2.34. The van der Waals surface area contributed by atoms with Gasteiger partial charge in [0.25, 0.3) is 0 Å². The van der Waals surface area contributed by atoms with Crippen LogP contribution in [0.4, 0.5) is 0 Å². The molecule has 0 aromatic rings. The lowest BCUT2D eigenvalue weighted by molar-refractivity contribution is 0.115. The number of aliphatic hydroxyl groups excluding tert-OH is 1. The van der Waals surface area contributed by atoms with Gasteiger partial charge in [0.15, 0.2) is 0 Å². The number of aliphatic hydroxyl groups is 1. The van der Waals surface area contributed by atoms with E-state index in [9.17, 15) is 8.42 Å². The van der Waals surface area contributed by atoms with Crippen LogP contribution >= 0.6 is 0 Å². The maximum atomic E-state index is 11.3. The highest BCUT2D eigenvalue weighted by molar-refractivity contribution is 7.81. The normalized spacial score (nSPS) is 13.1. The van der Waals surface area contributed by atoms with Crippen LogP contribution in [-0.2, 0) is 18.8 Å². The van der Waals surface area contributed by atoms with Gasteiger partial charge >= 0.3 is 10.4 Å². The molecule has 0 radical (unpaired) electrons. The van der Waals surface area contributed by atoms with E-state index in [2.05, 4.69) is 16.4 Å². The molecule has 0 aliphatic heterocycles. The van der Waals surface area contributed by atoms with Gasteiger partial charge in [-0.25, -0.2) is 8.37 Å². The molecule has 0 spiro atoms. The molecule has 0 bridgehead atoms. The molecule has 0 amide bonds. The maximum absolute atomic E-state index is 11.3. The summed E-state index contributed by atoms with van der Waals surface area (Å²) in [6.07, 6.45) is 3.13. The molecule has 112 valence electrons. The summed E-state index contributed by atoms with van der Waals surface area (Å²) in [6.45, 7) is 3.99. The molecule has 8 heteroatoms. The third-order valence-corrected chi connectivity index (χ3v) is 3.00. The molecule has 5 N–H and O–H groups in total. The molecular formula is C10H26N2O5S. The average molecular weight is 286 g/mol. The van der Waals surface area contributed by atoms with E-state index in [1.807, 2.05) is 6.92 Å². The van der Waals surface area contributed by atoms with E-state index in [1.165, 1.54) is 0 Å². The molecule has 18 heavy (non-hydrogen) atoms. The summed E-state index contributed by atoms with van der Waals surface area (Å²) >= 11 is 0. The van der Waals surface area contributed by atoms with Crippen molar-refractivity contribution in [2.24, 2.45) is 0 Å². The largest absolute Gasteiger partial charge is 0.401 e. The Morgan fingerprint density at radius 1 is 1.28 bits per heavy atom. The first-order valence-corrected chi connectivity index (χ1v) is 7.31.